The molecule has 0 aliphatic heterocycles. The Morgan fingerprint density at radius 2 is 1.67 bits per heavy atom. The van der Waals surface area contributed by atoms with Crippen LogP contribution in [0.1, 0.15) is 84.5 Å². The third kappa shape index (κ3) is 2.37. The summed E-state index contributed by atoms with van der Waals surface area (Å²) in [4.78, 5) is 0. The van der Waals surface area contributed by atoms with Gasteiger partial charge in [-0.15, -0.1) is 0 Å². The second-order valence-corrected chi connectivity index (χ2v) is 8.13. The summed E-state index contributed by atoms with van der Waals surface area (Å²) in [6.45, 7) is 5.14. The molecule has 3 atom stereocenters. The fourth-order valence-electron chi connectivity index (χ4n) is 5.68. The predicted octanol–water partition coefficient (Wildman–Crippen LogP) is 5.81. The summed E-state index contributed by atoms with van der Waals surface area (Å²) >= 11 is 0. The van der Waals surface area contributed by atoms with Gasteiger partial charge in [0.1, 0.15) is 0 Å². The fourth-order valence-corrected chi connectivity index (χ4v) is 5.68. The van der Waals surface area contributed by atoms with Crippen LogP contribution in [-0.4, -0.2) is 0 Å². The molecule has 3 unspecified atom stereocenters. The molecular weight excluding hydrogens is 216 g/mol. The molecule has 2 bridgehead atoms. The molecule has 0 heterocycles. The van der Waals surface area contributed by atoms with Crippen LogP contribution < -0.4 is 0 Å². The van der Waals surface area contributed by atoms with Crippen molar-refractivity contribution in [2.45, 2.75) is 84.5 Å². The molecule has 0 radical (unpaired) electrons. The van der Waals surface area contributed by atoms with Gasteiger partial charge in [0.05, 0.1) is 0 Å². The van der Waals surface area contributed by atoms with E-state index >= 15 is 0 Å². The van der Waals surface area contributed by atoms with Crippen LogP contribution in [-0.2, 0) is 0 Å². The molecule has 0 aromatic carbocycles. The molecule has 0 amide bonds. The summed E-state index contributed by atoms with van der Waals surface area (Å²) in [7, 11) is 0. The van der Waals surface area contributed by atoms with Crippen LogP contribution in [0.15, 0.2) is 0 Å². The average Bonchev–Trinajstić information content (AvgIpc) is 2.92. The highest BCUT2D eigenvalue weighted by Crippen LogP contribution is 2.60. The number of fused-ring (bicyclic) bond motifs is 2. The van der Waals surface area contributed by atoms with Gasteiger partial charge in [0.15, 0.2) is 0 Å². The lowest BCUT2D eigenvalue weighted by atomic mass is 9.67. The van der Waals surface area contributed by atoms with E-state index in [0.29, 0.717) is 5.41 Å². The summed E-state index contributed by atoms with van der Waals surface area (Å²) in [6.07, 6.45) is 16.9. The van der Waals surface area contributed by atoms with Gasteiger partial charge >= 0.3 is 0 Å². The molecule has 0 spiro atoms. The lowest BCUT2D eigenvalue weighted by Crippen LogP contribution is -2.30. The summed E-state index contributed by atoms with van der Waals surface area (Å²) < 4.78 is 0. The van der Waals surface area contributed by atoms with Gasteiger partial charge in [-0.25, -0.2) is 0 Å². The van der Waals surface area contributed by atoms with Crippen LogP contribution in [0.4, 0.5) is 0 Å². The fraction of sp³-hybridized carbons (Fsp3) is 1.00. The molecule has 0 heteroatoms. The van der Waals surface area contributed by atoms with Gasteiger partial charge in [0.25, 0.3) is 0 Å². The molecular formula is C18H32. The Hall–Kier alpha value is 0. The summed E-state index contributed by atoms with van der Waals surface area (Å²) in [6, 6.07) is 0. The largest absolute Gasteiger partial charge is 0.0594 e. The highest BCUT2D eigenvalue weighted by Gasteiger charge is 2.51. The zero-order valence-corrected chi connectivity index (χ0v) is 12.6. The molecule has 3 fully saturated rings. The van der Waals surface area contributed by atoms with Gasteiger partial charge in [-0.2, -0.15) is 0 Å². The maximum atomic E-state index is 2.57. The standard InChI is InChI=1S/C18H32/c1-18(2)16-12-11-15(13-16)17(18)10-6-9-14-7-4-3-5-8-14/h14-17H,3-13H2,1-2H3. The van der Waals surface area contributed by atoms with Crippen molar-refractivity contribution in [2.75, 3.05) is 0 Å². The molecule has 18 heavy (non-hydrogen) atoms. The van der Waals surface area contributed by atoms with Crippen molar-refractivity contribution in [3.05, 3.63) is 0 Å². The predicted molar refractivity (Wildman–Crippen MR) is 78.5 cm³/mol. The Labute approximate surface area is 114 Å². The molecule has 0 aromatic heterocycles. The average molecular weight is 248 g/mol. The molecule has 0 nitrogen and oxygen atoms in total. The minimum absolute atomic E-state index is 0.676. The maximum Gasteiger partial charge on any atom is -0.0295 e. The van der Waals surface area contributed by atoms with Crippen LogP contribution in [0.25, 0.3) is 0 Å². The summed E-state index contributed by atoms with van der Waals surface area (Å²) in [5.74, 6) is 4.35. The highest BCUT2D eigenvalue weighted by atomic mass is 14.6. The van der Waals surface area contributed by atoms with Crippen LogP contribution in [0, 0.1) is 29.1 Å². The molecule has 3 saturated carbocycles. The second kappa shape index (κ2) is 5.17. The van der Waals surface area contributed by atoms with Gasteiger partial charge in [-0.1, -0.05) is 58.8 Å². The monoisotopic (exact) mass is 248 g/mol. The van der Waals surface area contributed by atoms with E-state index in [4.69, 9.17) is 0 Å². The Morgan fingerprint density at radius 3 is 2.33 bits per heavy atom. The molecule has 0 saturated heterocycles. The molecule has 0 N–H and O–H groups in total. The van der Waals surface area contributed by atoms with E-state index < -0.39 is 0 Å². The van der Waals surface area contributed by atoms with Gasteiger partial charge in [-0.3, -0.25) is 0 Å². The Bertz CT molecular complexity index is 272. The van der Waals surface area contributed by atoms with Crippen molar-refractivity contribution in [1.29, 1.82) is 0 Å². The minimum atomic E-state index is 0.676. The van der Waals surface area contributed by atoms with Gasteiger partial charge in [0.2, 0.25) is 0 Å². The van der Waals surface area contributed by atoms with Crippen molar-refractivity contribution in [1.82, 2.24) is 0 Å². The van der Waals surface area contributed by atoms with E-state index in [9.17, 15) is 0 Å². The molecule has 3 aliphatic carbocycles. The Morgan fingerprint density at radius 1 is 0.889 bits per heavy atom. The Kier molecular flexibility index (Phi) is 3.74. The Balaban J connectivity index is 1.45. The molecule has 3 aliphatic rings. The lowest BCUT2D eigenvalue weighted by molar-refractivity contribution is 0.109. The first-order valence-electron chi connectivity index (χ1n) is 8.68. The van der Waals surface area contributed by atoms with E-state index in [1.165, 1.54) is 32.1 Å². The van der Waals surface area contributed by atoms with Crippen LogP contribution in [0.5, 0.6) is 0 Å². The third-order valence-electron chi connectivity index (χ3n) is 6.90. The number of hydrogen-bond donors (Lipinski definition) is 0. The van der Waals surface area contributed by atoms with E-state index in [-0.39, 0.29) is 0 Å². The first-order valence-corrected chi connectivity index (χ1v) is 8.68. The normalized spacial score (nSPS) is 39.3. The van der Waals surface area contributed by atoms with Crippen LogP contribution in [0.3, 0.4) is 0 Å². The lowest BCUT2D eigenvalue weighted by Gasteiger charge is -2.38. The quantitative estimate of drug-likeness (QED) is 0.589. The van der Waals surface area contributed by atoms with Crippen molar-refractivity contribution in [3.8, 4) is 0 Å². The number of hydrogen-bond acceptors (Lipinski definition) is 0. The first kappa shape index (κ1) is 13.0. The molecule has 0 aromatic rings. The zero-order chi connectivity index (χ0) is 12.6. The van der Waals surface area contributed by atoms with E-state index in [1.54, 1.807) is 38.5 Å². The van der Waals surface area contributed by atoms with Crippen molar-refractivity contribution >= 4 is 0 Å². The van der Waals surface area contributed by atoms with Crippen LogP contribution in [0.2, 0.25) is 0 Å². The first-order chi connectivity index (χ1) is 8.68. The highest BCUT2D eigenvalue weighted by molar-refractivity contribution is 5.01. The van der Waals surface area contributed by atoms with Gasteiger partial charge in [-0.05, 0) is 54.8 Å². The van der Waals surface area contributed by atoms with Gasteiger partial charge < -0.3 is 0 Å². The van der Waals surface area contributed by atoms with E-state index in [1.807, 2.05) is 0 Å². The van der Waals surface area contributed by atoms with Crippen molar-refractivity contribution in [3.63, 3.8) is 0 Å². The zero-order valence-electron chi connectivity index (χ0n) is 12.6. The van der Waals surface area contributed by atoms with Crippen LogP contribution >= 0.6 is 0 Å². The maximum absolute atomic E-state index is 2.57. The van der Waals surface area contributed by atoms with E-state index in [0.717, 1.165) is 23.7 Å². The molecule has 104 valence electrons. The van der Waals surface area contributed by atoms with Crippen molar-refractivity contribution in [2.24, 2.45) is 29.1 Å². The summed E-state index contributed by atoms with van der Waals surface area (Å²) in [5.41, 5.74) is 0.676. The topological polar surface area (TPSA) is 0 Å². The molecule has 3 rings (SSSR count). The second-order valence-electron chi connectivity index (χ2n) is 8.13. The number of rotatable bonds is 4. The summed E-state index contributed by atoms with van der Waals surface area (Å²) in [5, 5.41) is 0. The van der Waals surface area contributed by atoms with E-state index in [2.05, 4.69) is 13.8 Å². The third-order valence-corrected chi connectivity index (χ3v) is 6.90. The van der Waals surface area contributed by atoms with Crippen molar-refractivity contribution < 1.29 is 0 Å². The minimum Gasteiger partial charge on any atom is -0.0594 e. The SMILES string of the molecule is CC1(C)C2CCC(C2)C1CCCC1CCCCC1. The smallest absolute Gasteiger partial charge is 0.0295 e. The van der Waals surface area contributed by atoms with Gasteiger partial charge in [0, 0.05) is 0 Å².